The molecule has 1 saturated heterocycles. The fourth-order valence-corrected chi connectivity index (χ4v) is 8.06. The minimum Gasteiger partial charge on any atom is -0.487 e. The third-order valence-corrected chi connectivity index (χ3v) is 10.4. The van der Waals surface area contributed by atoms with Crippen LogP contribution in [0.15, 0.2) is 42.1 Å². The summed E-state index contributed by atoms with van der Waals surface area (Å²) in [5.74, 6) is -2.29. The molecule has 1 unspecified atom stereocenters. The number of nitrogens with zero attached hydrogens (tertiary/aromatic N) is 4. The van der Waals surface area contributed by atoms with Crippen molar-refractivity contribution >= 4 is 58.2 Å². The Hall–Kier alpha value is -4.14. The fourth-order valence-electron chi connectivity index (χ4n) is 6.50. The van der Waals surface area contributed by atoms with Gasteiger partial charge in [-0.1, -0.05) is 46.7 Å². The summed E-state index contributed by atoms with van der Waals surface area (Å²) < 4.78 is 46.4. The predicted octanol–water partition coefficient (Wildman–Crippen LogP) is 7.81. The van der Waals surface area contributed by atoms with Gasteiger partial charge in [0.1, 0.15) is 18.8 Å². The SMILES string of the molecule is Cc1cc(Cl)c(OCCOc2ncc(C3=C(C(=O)N(Cc4cccc(F)c4F)C4CC4)[C@H]4CN(C(=O)OC(C)(C)C)CC(C3)N4C(=O)O)s2)c(Cl)c1. The van der Waals surface area contributed by atoms with Crippen LogP contribution in [0.1, 0.15) is 56.0 Å². The minimum atomic E-state index is -1.25. The second kappa shape index (κ2) is 15.1. The summed E-state index contributed by atoms with van der Waals surface area (Å²) in [4.78, 5) is 49.9. The number of ether oxygens (including phenoxy) is 3. The number of carbonyl (C=O) groups is 3. The van der Waals surface area contributed by atoms with Crippen molar-refractivity contribution in [3.63, 3.8) is 0 Å². The van der Waals surface area contributed by atoms with E-state index >= 15 is 0 Å². The number of halogens is 4. The van der Waals surface area contributed by atoms with Gasteiger partial charge in [-0.2, -0.15) is 0 Å². The highest BCUT2D eigenvalue weighted by molar-refractivity contribution is 7.14. The number of fused-ring (bicyclic) bond motifs is 2. The van der Waals surface area contributed by atoms with Crippen molar-refractivity contribution in [3.05, 3.63) is 79.8 Å². The van der Waals surface area contributed by atoms with Crippen LogP contribution in [0.3, 0.4) is 0 Å². The molecule has 2 bridgehead atoms. The van der Waals surface area contributed by atoms with E-state index in [9.17, 15) is 28.3 Å². The maximum atomic E-state index is 14.9. The molecule has 278 valence electrons. The first-order valence-corrected chi connectivity index (χ1v) is 18.3. The number of aromatic nitrogens is 1. The predicted molar refractivity (Wildman–Crippen MR) is 191 cm³/mol. The summed E-state index contributed by atoms with van der Waals surface area (Å²) in [6.45, 7) is 6.91. The van der Waals surface area contributed by atoms with E-state index < -0.39 is 47.4 Å². The highest BCUT2D eigenvalue weighted by Crippen LogP contribution is 2.43. The van der Waals surface area contributed by atoms with Crippen molar-refractivity contribution in [2.45, 2.75) is 77.2 Å². The number of thiazole rings is 1. The number of carbonyl (C=O) groups excluding carboxylic acids is 2. The molecule has 1 aromatic heterocycles. The molecule has 0 spiro atoms. The van der Waals surface area contributed by atoms with Gasteiger partial charge in [0.15, 0.2) is 17.4 Å². The van der Waals surface area contributed by atoms with Gasteiger partial charge >= 0.3 is 12.2 Å². The lowest BCUT2D eigenvalue weighted by Gasteiger charge is -2.50. The Labute approximate surface area is 313 Å². The van der Waals surface area contributed by atoms with Gasteiger partial charge < -0.3 is 29.1 Å². The Morgan fingerprint density at radius 1 is 1.08 bits per heavy atom. The highest BCUT2D eigenvalue weighted by Gasteiger charge is 2.50. The van der Waals surface area contributed by atoms with Crippen LogP contribution in [-0.4, -0.2) is 92.9 Å². The van der Waals surface area contributed by atoms with Crippen LogP contribution < -0.4 is 9.47 Å². The van der Waals surface area contributed by atoms with Gasteiger partial charge in [-0.25, -0.2) is 23.4 Å². The zero-order valence-electron chi connectivity index (χ0n) is 29.0. The van der Waals surface area contributed by atoms with Crippen LogP contribution in [0.4, 0.5) is 18.4 Å². The lowest BCUT2D eigenvalue weighted by molar-refractivity contribution is -0.129. The smallest absolute Gasteiger partial charge is 0.410 e. The van der Waals surface area contributed by atoms with E-state index in [1.165, 1.54) is 38.2 Å². The highest BCUT2D eigenvalue weighted by atomic mass is 35.5. The van der Waals surface area contributed by atoms with E-state index in [0.29, 0.717) is 39.1 Å². The van der Waals surface area contributed by atoms with E-state index in [-0.39, 0.29) is 61.6 Å². The second-order valence-electron chi connectivity index (χ2n) is 14.0. The first kappa shape index (κ1) is 37.6. The molecule has 2 atom stereocenters. The molecule has 3 aromatic rings. The number of aryl methyl sites for hydroxylation is 1. The third kappa shape index (κ3) is 8.24. The Bertz CT molecular complexity index is 1890. The van der Waals surface area contributed by atoms with Gasteiger partial charge in [-0.15, -0.1) is 0 Å². The van der Waals surface area contributed by atoms with E-state index in [0.717, 1.165) is 11.6 Å². The lowest BCUT2D eigenvalue weighted by atomic mass is 9.83. The van der Waals surface area contributed by atoms with E-state index in [1.54, 1.807) is 39.1 Å². The molecular formula is C36H38Cl2F2N4O7S. The standard InChI is InChI=1S/C36H38Cl2F2N4O7S/c1-19-12-24(37)31(25(38)13-19)49-10-11-50-33-41-15-28(52-33)23-14-22-17-42(35(48)51-36(2,3)4)18-27(44(22)34(46)47)29(23)32(45)43(21-8-9-21)16-20-6-5-7-26(39)30(20)40/h5-7,12-13,15,21-22,27H,8-11,14,16-18H2,1-4H3,(H,46,47)/t22?,27-/m1/s1. The van der Waals surface area contributed by atoms with Crippen LogP contribution in [0, 0.1) is 18.6 Å². The van der Waals surface area contributed by atoms with Crippen molar-refractivity contribution in [2.75, 3.05) is 26.3 Å². The van der Waals surface area contributed by atoms with E-state index in [4.69, 9.17) is 37.4 Å². The quantitative estimate of drug-likeness (QED) is 0.207. The first-order valence-electron chi connectivity index (χ1n) is 16.7. The fraction of sp³-hybridized carbons (Fsp3) is 0.444. The average molecular weight is 780 g/mol. The lowest BCUT2D eigenvalue weighted by Crippen LogP contribution is -2.65. The van der Waals surface area contributed by atoms with E-state index in [1.807, 2.05) is 6.92 Å². The number of hydrogen-bond acceptors (Lipinski definition) is 8. The molecule has 3 amide bonds. The molecule has 6 rings (SSSR count). The molecule has 0 radical (unpaired) electrons. The first-order chi connectivity index (χ1) is 24.6. The summed E-state index contributed by atoms with van der Waals surface area (Å²) in [5, 5.41) is 11.4. The number of piperazine rings is 1. The van der Waals surface area contributed by atoms with Gasteiger partial charge in [-0.05, 0) is 76.3 Å². The average Bonchev–Trinajstić information content (AvgIpc) is 3.79. The van der Waals surface area contributed by atoms with Crippen molar-refractivity contribution < 1.29 is 42.5 Å². The van der Waals surface area contributed by atoms with Crippen molar-refractivity contribution in [1.82, 2.24) is 19.7 Å². The molecule has 1 N–H and O–H groups in total. The largest absolute Gasteiger partial charge is 0.487 e. The Kier molecular flexibility index (Phi) is 10.9. The molecular weight excluding hydrogens is 741 g/mol. The molecule has 3 heterocycles. The molecule has 2 fully saturated rings. The Morgan fingerprint density at radius 2 is 1.77 bits per heavy atom. The molecule has 2 aromatic carbocycles. The molecule has 1 saturated carbocycles. The normalized spacial score (nSPS) is 18.7. The minimum absolute atomic E-state index is 0.00545. The number of benzene rings is 2. The summed E-state index contributed by atoms with van der Waals surface area (Å²) in [5.41, 5.74) is 0.759. The molecule has 1 aliphatic carbocycles. The number of carboxylic acid groups (broad SMARTS) is 1. The summed E-state index contributed by atoms with van der Waals surface area (Å²) >= 11 is 13.7. The summed E-state index contributed by atoms with van der Waals surface area (Å²) in [6.07, 6.45) is 1.04. The summed E-state index contributed by atoms with van der Waals surface area (Å²) in [7, 11) is 0. The molecule has 3 aliphatic rings. The topological polar surface area (TPSA) is 122 Å². The maximum Gasteiger partial charge on any atom is 0.410 e. The van der Waals surface area contributed by atoms with Gasteiger partial charge in [0, 0.05) is 43.0 Å². The van der Waals surface area contributed by atoms with Crippen LogP contribution in [0.2, 0.25) is 10.0 Å². The molecule has 11 nitrogen and oxygen atoms in total. The van der Waals surface area contributed by atoms with Gasteiger partial charge in [0.2, 0.25) is 0 Å². The zero-order chi connectivity index (χ0) is 37.5. The molecule has 52 heavy (non-hydrogen) atoms. The van der Waals surface area contributed by atoms with Gasteiger partial charge in [0.25, 0.3) is 11.1 Å². The van der Waals surface area contributed by atoms with Crippen LogP contribution in [-0.2, 0) is 16.1 Å². The van der Waals surface area contributed by atoms with Crippen molar-refractivity contribution in [1.29, 1.82) is 0 Å². The molecule has 16 heteroatoms. The maximum absolute atomic E-state index is 14.9. The van der Waals surface area contributed by atoms with Crippen LogP contribution in [0.5, 0.6) is 10.9 Å². The number of rotatable bonds is 10. The van der Waals surface area contributed by atoms with Gasteiger partial charge in [0.05, 0.1) is 27.0 Å². The number of hydrogen-bond donors (Lipinski definition) is 1. The third-order valence-electron chi connectivity index (χ3n) is 8.86. The van der Waals surface area contributed by atoms with Crippen LogP contribution >= 0.6 is 34.5 Å². The zero-order valence-corrected chi connectivity index (χ0v) is 31.3. The molecule has 2 aliphatic heterocycles. The second-order valence-corrected chi connectivity index (χ2v) is 15.8. The Balaban J connectivity index is 1.32. The number of amides is 3. The summed E-state index contributed by atoms with van der Waals surface area (Å²) in [6, 6.07) is 5.21. The van der Waals surface area contributed by atoms with Gasteiger partial charge in [-0.3, -0.25) is 9.69 Å². The van der Waals surface area contributed by atoms with E-state index in [2.05, 4.69) is 4.98 Å². The van der Waals surface area contributed by atoms with Crippen molar-refractivity contribution in [3.8, 4) is 10.9 Å². The van der Waals surface area contributed by atoms with Crippen molar-refractivity contribution in [2.24, 2.45) is 0 Å². The van der Waals surface area contributed by atoms with Crippen LogP contribution in [0.25, 0.3) is 5.57 Å². The Morgan fingerprint density at radius 3 is 2.42 bits per heavy atom. The monoisotopic (exact) mass is 778 g/mol.